The van der Waals surface area contributed by atoms with E-state index in [-0.39, 0.29) is 0 Å². The number of aromatic nitrogens is 2. The van der Waals surface area contributed by atoms with Gasteiger partial charge in [-0.2, -0.15) is 5.10 Å². The molecular weight excluding hydrogens is 309 g/mol. The van der Waals surface area contributed by atoms with Crippen molar-refractivity contribution < 1.29 is 9.53 Å². The third-order valence-electron chi connectivity index (χ3n) is 2.06. The molecule has 0 saturated carbocycles. The van der Waals surface area contributed by atoms with Crippen LogP contribution in [0.1, 0.15) is 10.4 Å². The summed E-state index contributed by atoms with van der Waals surface area (Å²) in [5, 5.41) is 4.08. The number of pyridine rings is 1. The zero-order valence-electron chi connectivity index (χ0n) is 7.90. The van der Waals surface area contributed by atoms with Crippen LogP contribution in [0.5, 0.6) is 0 Å². The first kappa shape index (κ1) is 10.2. The van der Waals surface area contributed by atoms with Crippen molar-refractivity contribution in [1.29, 1.82) is 0 Å². The van der Waals surface area contributed by atoms with Crippen LogP contribution in [-0.2, 0) is 4.74 Å². The number of nitrogens with zero attached hydrogens (tertiary/aromatic N) is 2. The number of carbonyl (C=O) groups excluding carboxylic acids is 1. The first-order valence-electron chi connectivity index (χ1n) is 4.14. The zero-order valence-corrected chi connectivity index (χ0v) is 10.1. The summed E-state index contributed by atoms with van der Waals surface area (Å²) >= 11 is 2.10. The smallest absolute Gasteiger partial charge is 0.342 e. The van der Waals surface area contributed by atoms with Crippen LogP contribution in [0, 0.1) is 3.57 Å². The van der Waals surface area contributed by atoms with Crippen molar-refractivity contribution in [3.8, 4) is 0 Å². The van der Waals surface area contributed by atoms with Crippen molar-refractivity contribution in [2.24, 2.45) is 0 Å². The topological polar surface area (TPSA) is 69.6 Å². The van der Waals surface area contributed by atoms with Gasteiger partial charge < -0.3 is 10.5 Å². The summed E-state index contributed by atoms with van der Waals surface area (Å²) in [7, 11) is 1.33. The Morgan fingerprint density at radius 3 is 3.07 bits per heavy atom. The molecule has 78 valence electrons. The van der Waals surface area contributed by atoms with E-state index in [0.29, 0.717) is 16.8 Å². The molecule has 0 unspecified atom stereocenters. The highest BCUT2D eigenvalue weighted by Crippen LogP contribution is 2.23. The number of hydrogen-bond acceptors (Lipinski definition) is 4. The Hall–Kier alpha value is -1.31. The number of hydrogen-bond donors (Lipinski definition) is 1. The van der Waals surface area contributed by atoms with Crippen molar-refractivity contribution in [3.05, 3.63) is 27.6 Å². The fourth-order valence-electron chi connectivity index (χ4n) is 1.38. The van der Waals surface area contributed by atoms with Crippen LogP contribution in [0.3, 0.4) is 0 Å². The number of ether oxygens (including phenoxy) is 1. The zero-order chi connectivity index (χ0) is 11.0. The lowest BCUT2D eigenvalue weighted by Crippen LogP contribution is -2.08. The molecule has 2 aromatic heterocycles. The Morgan fingerprint density at radius 1 is 1.67 bits per heavy atom. The summed E-state index contributed by atoms with van der Waals surface area (Å²) in [4.78, 5) is 11.6. The van der Waals surface area contributed by atoms with Crippen LogP contribution in [0.25, 0.3) is 5.52 Å². The van der Waals surface area contributed by atoms with Crippen molar-refractivity contribution >= 4 is 39.8 Å². The van der Waals surface area contributed by atoms with Crippen LogP contribution < -0.4 is 5.73 Å². The van der Waals surface area contributed by atoms with Gasteiger partial charge in [-0.3, -0.25) is 0 Å². The molecule has 0 aliphatic heterocycles. The van der Waals surface area contributed by atoms with E-state index in [4.69, 9.17) is 5.73 Å². The minimum absolute atomic E-state index is 0.363. The first-order chi connectivity index (χ1) is 7.15. The molecule has 0 spiro atoms. The maximum atomic E-state index is 11.6. The Bertz CT molecular complexity index is 535. The van der Waals surface area contributed by atoms with Gasteiger partial charge in [0.1, 0.15) is 5.56 Å². The third-order valence-corrected chi connectivity index (χ3v) is 2.85. The highest BCUT2D eigenvalue weighted by Gasteiger charge is 2.17. The summed E-state index contributed by atoms with van der Waals surface area (Å²) in [6.45, 7) is 0. The van der Waals surface area contributed by atoms with Gasteiger partial charge in [-0.05, 0) is 28.7 Å². The number of methoxy groups -OCH3 is 1. The Labute approximate surface area is 99.3 Å². The lowest BCUT2D eigenvalue weighted by Gasteiger charge is -2.05. The van der Waals surface area contributed by atoms with Crippen LogP contribution in [0.15, 0.2) is 18.5 Å². The molecule has 5 nitrogen and oxygen atoms in total. The van der Waals surface area contributed by atoms with E-state index in [2.05, 4.69) is 32.4 Å². The third kappa shape index (κ3) is 1.54. The van der Waals surface area contributed by atoms with Crippen molar-refractivity contribution in [2.75, 3.05) is 12.8 Å². The SMILES string of the molecule is COC(=O)c1c(N)ccn2ncc(I)c12. The van der Waals surface area contributed by atoms with Gasteiger partial charge in [-0.25, -0.2) is 9.31 Å². The average Bonchev–Trinajstić information content (AvgIpc) is 2.60. The van der Waals surface area contributed by atoms with E-state index in [0.717, 1.165) is 3.57 Å². The Kier molecular flexibility index (Phi) is 2.51. The van der Waals surface area contributed by atoms with Gasteiger partial charge in [0, 0.05) is 11.9 Å². The van der Waals surface area contributed by atoms with E-state index in [1.165, 1.54) is 7.11 Å². The van der Waals surface area contributed by atoms with E-state index < -0.39 is 5.97 Å². The van der Waals surface area contributed by atoms with Crippen LogP contribution >= 0.6 is 22.6 Å². The molecule has 0 bridgehead atoms. The highest BCUT2D eigenvalue weighted by molar-refractivity contribution is 14.1. The van der Waals surface area contributed by atoms with Crippen LogP contribution in [-0.4, -0.2) is 22.7 Å². The van der Waals surface area contributed by atoms with Gasteiger partial charge in [0.05, 0.1) is 22.4 Å². The van der Waals surface area contributed by atoms with E-state index >= 15 is 0 Å². The largest absolute Gasteiger partial charge is 0.465 e. The summed E-state index contributed by atoms with van der Waals surface area (Å²) in [6, 6.07) is 1.63. The molecule has 15 heavy (non-hydrogen) atoms. The number of nitrogen functional groups attached to an aromatic ring is 1. The number of fused-ring (bicyclic) bond motifs is 1. The predicted molar refractivity (Wildman–Crippen MR) is 63.7 cm³/mol. The number of rotatable bonds is 1. The number of carbonyl (C=O) groups is 1. The average molecular weight is 317 g/mol. The molecule has 6 heteroatoms. The molecule has 0 saturated heterocycles. The molecular formula is C9H8IN3O2. The molecule has 0 radical (unpaired) electrons. The minimum Gasteiger partial charge on any atom is -0.465 e. The van der Waals surface area contributed by atoms with Gasteiger partial charge in [-0.15, -0.1) is 0 Å². The lowest BCUT2D eigenvalue weighted by atomic mass is 10.2. The van der Waals surface area contributed by atoms with Gasteiger partial charge >= 0.3 is 5.97 Å². The highest BCUT2D eigenvalue weighted by atomic mass is 127. The van der Waals surface area contributed by atoms with Gasteiger partial charge in [0.2, 0.25) is 0 Å². The number of anilines is 1. The summed E-state index contributed by atoms with van der Waals surface area (Å²) in [6.07, 6.45) is 3.38. The maximum Gasteiger partial charge on any atom is 0.342 e. The fraction of sp³-hybridized carbons (Fsp3) is 0.111. The predicted octanol–water partition coefficient (Wildman–Crippen LogP) is 1.31. The van der Waals surface area contributed by atoms with Crippen molar-refractivity contribution in [1.82, 2.24) is 9.61 Å². The Balaban J connectivity index is 2.84. The lowest BCUT2D eigenvalue weighted by molar-refractivity contribution is 0.0603. The molecule has 0 amide bonds. The molecule has 2 heterocycles. The second-order valence-electron chi connectivity index (χ2n) is 2.92. The minimum atomic E-state index is -0.448. The van der Waals surface area contributed by atoms with Crippen LogP contribution in [0.4, 0.5) is 5.69 Å². The van der Waals surface area contributed by atoms with Gasteiger partial charge in [-0.1, -0.05) is 0 Å². The van der Waals surface area contributed by atoms with Crippen molar-refractivity contribution in [3.63, 3.8) is 0 Å². The van der Waals surface area contributed by atoms with E-state index in [1.807, 2.05) is 0 Å². The second-order valence-corrected chi connectivity index (χ2v) is 4.09. The molecule has 2 N–H and O–H groups in total. The molecule has 2 rings (SSSR count). The first-order valence-corrected chi connectivity index (χ1v) is 5.22. The van der Waals surface area contributed by atoms with E-state index in [9.17, 15) is 4.79 Å². The quantitative estimate of drug-likeness (QED) is 0.636. The molecule has 0 fully saturated rings. The summed E-state index contributed by atoms with van der Waals surface area (Å²) < 4.78 is 7.15. The van der Waals surface area contributed by atoms with E-state index in [1.54, 1.807) is 23.0 Å². The molecule has 0 aromatic carbocycles. The molecule has 2 aromatic rings. The summed E-state index contributed by atoms with van der Waals surface area (Å²) in [5.41, 5.74) is 7.19. The summed E-state index contributed by atoms with van der Waals surface area (Å²) in [5.74, 6) is -0.448. The second kappa shape index (κ2) is 3.69. The molecule has 0 aliphatic carbocycles. The van der Waals surface area contributed by atoms with Crippen LogP contribution in [0.2, 0.25) is 0 Å². The molecule has 0 aliphatic rings. The number of esters is 1. The monoisotopic (exact) mass is 317 g/mol. The standard InChI is InChI=1S/C9H8IN3O2/c1-15-9(14)7-6(11)2-3-13-8(7)5(10)4-12-13/h2-4H,11H2,1H3. The van der Waals surface area contributed by atoms with Gasteiger partial charge in [0.15, 0.2) is 0 Å². The fourth-order valence-corrected chi connectivity index (χ4v) is 2.02. The maximum absolute atomic E-state index is 11.6. The molecule has 0 atom stereocenters. The number of halogens is 1. The van der Waals surface area contributed by atoms with Gasteiger partial charge in [0.25, 0.3) is 0 Å². The van der Waals surface area contributed by atoms with Crippen molar-refractivity contribution in [2.45, 2.75) is 0 Å². The number of nitrogens with two attached hydrogens (primary N) is 1. The normalized spacial score (nSPS) is 10.5. The Morgan fingerprint density at radius 2 is 2.40 bits per heavy atom.